The highest BCUT2D eigenvalue weighted by molar-refractivity contribution is 6.30. The van der Waals surface area contributed by atoms with Gasteiger partial charge in [0.25, 0.3) is 5.91 Å². The van der Waals surface area contributed by atoms with Crippen LogP contribution in [0.3, 0.4) is 0 Å². The Morgan fingerprint density at radius 1 is 1.14 bits per heavy atom. The van der Waals surface area contributed by atoms with E-state index in [4.69, 9.17) is 11.6 Å². The van der Waals surface area contributed by atoms with Crippen LogP contribution >= 0.6 is 11.6 Å². The van der Waals surface area contributed by atoms with Crippen molar-refractivity contribution in [2.75, 3.05) is 31.1 Å². The van der Waals surface area contributed by atoms with E-state index >= 15 is 0 Å². The molecule has 0 bridgehead atoms. The molecule has 1 amide bonds. The highest BCUT2D eigenvalue weighted by Gasteiger charge is 2.29. The number of benzene rings is 2. The Morgan fingerprint density at radius 2 is 1.86 bits per heavy atom. The SMILES string of the molecule is CCCc1cc(Cl)ccc1N1CCN(C(=O)C(O)c2ccc(F)cc2F)CC1. The number of aliphatic hydroxyl groups excluding tert-OH is 1. The van der Waals surface area contributed by atoms with Gasteiger partial charge in [0.05, 0.1) is 0 Å². The molecule has 0 spiro atoms. The first-order chi connectivity index (χ1) is 13.4. The van der Waals surface area contributed by atoms with Crippen molar-refractivity contribution in [3.05, 3.63) is 64.2 Å². The zero-order chi connectivity index (χ0) is 20.3. The molecule has 1 aliphatic rings. The third-order valence-corrected chi connectivity index (χ3v) is 5.22. The fraction of sp³-hybridized carbons (Fsp3) is 0.381. The van der Waals surface area contributed by atoms with E-state index in [0.29, 0.717) is 37.3 Å². The zero-order valence-corrected chi connectivity index (χ0v) is 16.4. The lowest BCUT2D eigenvalue weighted by molar-refractivity contribution is -0.141. The third-order valence-electron chi connectivity index (χ3n) is 4.98. The number of hydrogen-bond donors (Lipinski definition) is 1. The van der Waals surface area contributed by atoms with Gasteiger partial charge >= 0.3 is 0 Å². The molecule has 28 heavy (non-hydrogen) atoms. The van der Waals surface area contributed by atoms with E-state index in [9.17, 15) is 18.7 Å². The summed E-state index contributed by atoms with van der Waals surface area (Å²) in [6.07, 6.45) is 0.275. The molecular weight excluding hydrogens is 386 g/mol. The van der Waals surface area contributed by atoms with Gasteiger partial charge in [0, 0.05) is 48.5 Å². The van der Waals surface area contributed by atoms with Gasteiger partial charge in [-0.1, -0.05) is 31.0 Å². The van der Waals surface area contributed by atoms with Gasteiger partial charge in [-0.2, -0.15) is 0 Å². The molecule has 0 radical (unpaired) electrons. The molecule has 7 heteroatoms. The Bertz CT molecular complexity index is 854. The maximum atomic E-state index is 13.9. The van der Waals surface area contributed by atoms with Crippen LogP contribution in [-0.4, -0.2) is 42.1 Å². The third kappa shape index (κ3) is 4.45. The van der Waals surface area contributed by atoms with E-state index in [1.54, 1.807) is 0 Å². The molecule has 1 atom stereocenters. The van der Waals surface area contributed by atoms with Gasteiger partial charge in [-0.15, -0.1) is 0 Å². The van der Waals surface area contributed by atoms with Gasteiger partial charge in [0.2, 0.25) is 0 Å². The summed E-state index contributed by atoms with van der Waals surface area (Å²) in [5.74, 6) is -2.25. The van der Waals surface area contributed by atoms with Crippen LogP contribution in [0.15, 0.2) is 36.4 Å². The van der Waals surface area contributed by atoms with Crippen LogP contribution in [-0.2, 0) is 11.2 Å². The average molecular weight is 409 g/mol. The van der Waals surface area contributed by atoms with Crippen molar-refractivity contribution in [2.45, 2.75) is 25.9 Å². The van der Waals surface area contributed by atoms with Crippen LogP contribution in [0.1, 0.15) is 30.6 Å². The average Bonchev–Trinajstić information content (AvgIpc) is 2.68. The quantitative estimate of drug-likeness (QED) is 0.814. The van der Waals surface area contributed by atoms with Gasteiger partial charge in [-0.3, -0.25) is 4.79 Å². The van der Waals surface area contributed by atoms with Gasteiger partial charge in [-0.25, -0.2) is 8.78 Å². The first kappa shape index (κ1) is 20.6. The molecule has 4 nitrogen and oxygen atoms in total. The summed E-state index contributed by atoms with van der Waals surface area (Å²) >= 11 is 6.12. The first-order valence-electron chi connectivity index (χ1n) is 9.36. The van der Waals surface area contributed by atoms with Gasteiger partial charge in [-0.05, 0) is 36.2 Å². The Morgan fingerprint density at radius 3 is 2.50 bits per heavy atom. The standard InChI is InChI=1S/C21H23ClF2N2O2/c1-2-3-14-12-15(22)4-7-19(14)25-8-10-26(11-9-25)21(28)20(27)17-6-5-16(23)13-18(17)24/h4-7,12-13,20,27H,2-3,8-11H2,1H3. The van der Waals surface area contributed by atoms with Crippen LogP contribution in [0.5, 0.6) is 0 Å². The topological polar surface area (TPSA) is 43.8 Å². The second kappa shape index (κ2) is 8.88. The second-order valence-corrected chi connectivity index (χ2v) is 7.34. The van der Waals surface area contributed by atoms with Crippen molar-refractivity contribution in [1.82, 2.24) is 4.90 Å². The lowest BCUT2D eigenvalue weighted by Gasteiger charge is -2.37. The minimum absolute atomic E-state index is 0.211. The number of hydrogen-bond acceptors (Lipinski definition) is 3. The van der Waals surface area contributed by atoms with Crippen molar-refractivity contribution in [1.29, 1.82) is 0 Å². The normalized spacial score (nSPS) is 15.6. The molecule has 1 N–H and O–H groups in total. The smallest absolute Gasteiger partial charge is 0.256 e. The van der Waals surface area contributed by atoms with Gasteiger partial charge in [0.1, 0.15) is 11.6 Å². The molecule has 1 saturated heterocycles. The Hall–Kier alpha value is -2.18. The zero-order valence-electron chi connectivity index (χ0n) is 15.7. The highest BCUT2D eigenvalue weighted by Crippen LogP contribution is 2.27. The van der Waals surface area contributed by atoms with Crippen molar-refractivity contribution in [3.63, 3.8) is 0 Å². The molecular formula is C21H23ClF2N2O2. The maximum absolute atomic E-state index is 13.9. The van der Waals surface area contributed by atoms with Crippen molar-refractivity contribution < 1.29 is 18.7 Å². The molecule has 2 aromatic rings. The number of amides is 1. The van der Waals surface area contributed by atoms with E-state index < -0.39 is 23.6 Å². The number of rotatable bonds is 5. The lowest BCUT2D eigenvalue weighted by atomic mass is 10.1. The van der Waals surface area contributed by atoms with Crippen molar-refractivity contribution >= 4 is 23.2 Å². The number of nitrogens with zero attached hydrogens (tertiary/aromatic N) is 2. The van der Waals surface area contributed by atoms with Crippen LogP contribution in [0.2, 0.25) is 5.02 Å². The number of carbonyl (C=O) groups is 1. The molecule has 1 aliphatic heterocycles. The van der Waals surface area contributed by atoms with Crippen molar-refractivity contribution in [2.24, 2.45) is 0 Å². The van der Waals surface area contributed by atoms with E-state index in [0.717, 1.165) is 30.7 Å². The number of anilines is 1. The summed E-state index contributed by atoms with van der Waals surface area (Å²) in [7, 11) is 0. The number of piperazine rings is 1. The molecule has 2 aromatic carbocycles. The molecule has 3 rings (SSSR count). The van der Waals surface area contributed by atoms with Crippen molar-refractivity contribution in [3.8, 4) is 0 Å². The second-order valence-electron chi connectivity index (χ2n) is 6.90. The minimum atomic E-state index is -1.64. The number of aliphatic hydroxyl groups is 1. The first-order valence-corrected chi connectivity index (χ1v) is 9.73. The number of aryl methyl sites for hydroxylation is 1. The monoisotopic (exact) mass is 408 g/mol. The summed E-state index contributed by atoms with van der Waals surface area (Å²) < 4.78 is 26.9. The fourth-order valence-corrected chi connectivity index (χ4v) is 3.72. The summed E-state index contributed by atoms with van der Waals surface area (Å²) in [4.78, 5) is 16.3. The Labute approximate surface area is 168 Å². The minimum Gasteiger partial charge on any atom is -0.378 e. The van der Waals surface area contributed by atoms with E-state index in [1.165, 1.54) is 10.5 Å². The Balaban J connectivity index is 1.67. The molecule has 150 valence electrons. The van der Waals surface area contributed by atoms with Crippen LogP contribution in [0.4, 0.5) is 14.5 Å². The summed E-state index contributed by atoms with van der Waals surface area (Å²) in [6, 6.07) is 8.62. The van der Waals surface area contributed by atoms with Crippen LogP contribution < -0.4 is 4.90 Å². The molecule has 1 fully saturated rings. The predicted octanol–water partition coefficient (Wildman–Crippen LogP) is 3.95. The fourth-order valence-electron chi connectivity index (χ4n) is 3.53. The summed E-state index contributed by atoms with van der Waals surface area (Å²) in [5, 5.41) is 11.0. The molecule has 0 saturated carbocycles. The molecule has 1 unspecified atom stereocenters. The molecule has 0 aromatic heterocycles. The number of halogens is 3. The van der Waals surface area contributed by atoms with Gasteiger partial charge in [0.15, 0.2) is 6.10 Å². The van der Waals surface area contributed by atoms with Crippen LogP contribution in [0, 0.1) is 11.6 Å². The molecule has 1 heterocycles. The van der Waals surface area contributed by atoms with Gasteiger partial charge < -0.3 is 14.9 Å². The van der Waals surface area contributed by atoms with E-state index in [2.05, 4.69) is 11.8 Å². The van der Waals surface area contributed by atoms with E-state index in [-0.39, 0.29) is 5.56 Å². The summed E-state index contributed by atoms with van der Waals surface area (Å²) in [5.41, 5.74) is 2.06. The maximum Gasteiger partial charge on any atom is 0.256 e. The number of carbonyl (C=O) groups excluding carboxylic acids is 1. The largest absolute Gasteiger partial charge is 0.378 e. The van der Waals surface area contributed by atoms with E-state index in [1.807, 2.05) is 18.2 Å². The highest BCUT2D eigenvalue weighted by atomic mass is 35.5. The van der Waals surface area contributed by atoms with Crippen LogP contribution in [0.25, 0.3) is 0 Å². The Kier molecular flexibility index (Phi) is 6.52. The predicted molar refractivity (Wildman–Crippen MR) is 106 cm³/mol. The molecule has 0 aliphatic carbocycles. The lowest BCUT2D eigenvalue weighted by Crippen LogP contribution is -2.50. The summed E-state index contributed by atoms with van der Waals surface area (Å²) in [6.45, 7) is 4.13.